The summed E-state index contributed by atoms with van der Waals surface area (Å²) in [5.74, 6) is -0.585. The van der Waals surface area contributed by atoms with Crippen molar-refractivity contribution in [2.45, 2.75) is 44.6 Å². The quantitative estimate of drug-likeness (QED) is 0.351. The van der Waals surface area contributed by atoms with Crippen LogP contribution in [0, 0.1) is 6.92 Å². The topological polar surface area (TPSA) is 103 Å². The summed E-state index contributed by atoms with van der Waals surface area (Å²) in [7, 11) is -3.89. The number of aryl methyl sites for hydroxylation is 2. The molecule has 30 heavy (non-hydrogen) atoms. The Bertz CT molecular complexity index is 1230. The lowest BCUT2D eigenvalue weighted by Gasteiger charge is -2.16. The van der Waals surface area contributed by atoms with Crippen LogP contribution in [-0.4, -0.2) is 20.4 Å². The van der Waals surface area contributed by atoms with E-state index in [-0.39, 0.29) is 17.1 Å². The van der Waals surface area contributed by atoms with Gasteiger partial charge >= 0.3 is 11.6 Å². The lowest BCUT2D eigenvalue weighted by molar-refractivity contribution is -0.136. The Labute approximate surface area is 174 Å². The van der Waals surface area contributed by atoms with Gasteiger partial charge < -0.3 is 9.15 Å². The summed E-state index contributed by atoms with van der Waals surface area (Å²) in [6.07, 6.45) is 0.854. The first-order valence-electron chi connectivity index (χ1n) is 9.61. The predicted octanol–water partition coefficient (Wildman–Crippen LogP) is 3.33. The van der Waals surface area contributed by atoms with Crippen LogP contribution in [-0.2, 0) is 21.2 Å². The fourth-order valence-electron chi connectivity index (χ4n) is 3.02. The predicted molar refractivity (Wildman–Crippen MR) is 113 cm³/mol. The maximum Gasteiger partial charge on any atom is 0.336 e. The van der Waals surface area contributed by atoms with Gasteiger partial charge in [-0.2, -0.15) is 4.72 Å². The lowest BCUT2D eigenvalue weighted by atomic mass is 10.1. The molecule has 1 atom stereocenters. The molecule has 0 radical (unpaired) electrons. The van der Waals surface area contributed by atoms with Crippen LogP contribution in [0.3, 0.4) is 0 Å². The van der Waals surface area contributed by atoms with Crippen LogP contribution in [0.2, 0.25) is 0 Å². The molecule has 0 amide bonds. The number of carbonyl (C=O) groups excluding carboxylic acids is 1. The first-order chi connectivity index (χ1) is 14.2. The van der Waals surface area contributed by atoms with Crippen molar-refractivity contribution in [1.82, 2.24) is 4.72 Å². The molecule has 3 rings (SSSR count). The standard InChI is InChI=1S/C22H23NO6S/c1-4-15-12-21(24)29-20-13-16(8-11-18(15)20)28-22(25)19(5-2)23-30(26,27)17-9-6-14(3)7-10-17/h6-13,19,23H,4-5H2,1-3H3/t19-/m1/s1. The van der Waals surface area contributed by atoms with Crippen molar-refractivity contribution in [3.63, 3.8) is 0 Å². The third-order valence-corrected chi connectivity index (χ3v) is 6.21. The number of sulfonamides is 1. The first-order valence-corrected chi connectivity index (χ1v) is 11.1. The van der Waals surface area contributed by atoms with Crippen LogP contribution < -0.4 is 15.1 Å². The highest BCUT2D eigenvalue weighted by Gasteiger charge is 2.26. The number of fused-ring (bicyclic) bond motifs is 1. The number of ether oxygens (including phenoxy) is 1. The van der Waals surface area contributed by atoms with Crippen LogP contribution >= 0.6 is 0 Å². The van der Waals surface area contributed by atoms with Crippen molar-refractivity contribution in [2.24, 2.45) is 0 Å². The summed E-state index contributed by atoms with van der Waals surface area (Å²) in [5.41, 5.74) is 1.57. The average Bonchev–Trinajstić information content (AvgIpc) is 2.71. The molecule has 0 aliphatic rings. The number of benzene rings is 2. The smallest absolute Gasteiger partial charge is 0.336 e. The van der Waals surface area contributed by atoms with E-state index in [1.165, 1.54) is 24.3 Å². The van der Waals surface area contributed by atoms with Crippen molar-refractivity contribution in [3.8, 4) is 5.75 Å². The number of hydrogen-bond donors (Lipinski definition) is 1. The number of rotatable bonds is 7. The molecule has 2 aromatic carbocycles. The van der Waals surface area contributed by atoms with Gasteiger partial charge in [-0.3, -0.25) is 0 Å². The summed E-state index contributed by atoms with van der Waals surface area (Å²) in [4.78, 5) is 24.4. The minimum atomic E-state index is -3.89. The zero-order valence-corrected chi connectivity index (χ0v) is 17.8. The molecule has 7 nitrogen and oxygen atoms in total. The number of carbonyl (C=O) groups is 1. The van der Waals surface area contributed by atoms with E-state index in [0.29, 0.717) is 12.0 Å². The number of hydrogen-bond acceptors (Lipinski definition) is 6. The second-order valence-electron chi connectivity index (χ2n) is 6.92. The highest BCUT2D eigenvalue weighted by atomic mass is 32.2. The fourth-order valence-corrected chi connectivity index (χ4v) is 4.29. The highest BCUT2D eigenvalue weighted by molar-refractivity contribution is 7.89. The number of esters is 1. The molecule has 1 N–H and O–H groups in total. The zero-order valence-electron chi connectivity index (χ0n) is 17.0. The van der Waals surface area contributed by atoms with E-state index < -0.39 is 27.7 Å². The summed E-state index contributed by atoms with van der Waals surface area (Å²) in [5, 5.41) is 0.754. The molecule has 3 aromatic rings. The summed E-state index contributed by atoms with van der Waals surface area (Å²) < 4.78 is 38.1. The third-order valence-electron chi connectivity index (χ3n) is 4.72. The summed E-state index contributed by atoms with van der Waals surface area (Å²) in [6, 6.07) is 11.4. The molecule has 0 unspecified atom stereocenters. The van der Waals surface area contributed by atoms with Gasteiger partial charge in [-0.25, -0.2) is 18.0 Å². The van der Waals surface area contributed by atoms with Crippen LogP contribution in [0.5, 0.6) is 5.75 Å². The monoisotopic (exact) mass is 429 g/mol. The van der Waals surface area contributed by atoms with Gasteiger partial charge in [0.15, 0.2) is 0 Å². The van der Waals surface area contributed by atoms with Crippen molar-refractivity contribution in [2.75, 3.05) is 0 Å². The van der Waals surface area contributed by atoms with Crippen molar-refractivity contribution >= 4 is 27.0 Å². The van der Waals surface area contributed by atoms with Gasteiger partial charge in [-0.1, -0.05) is 31.5 Å². The fraction of sp³-hybridized carbons (Fsp3) is 0.273. The van der Waals surface area contributed by atoms with Gasteiger partial charge in [0, 0.05) is 17.5 Å². The van der Waals surface area contributed by atoms with E-state index in [0.717, 1.165) is 16.5 Å². The van der Waals surface area contributed by atoms with Gasteiger partial charge in [0.2, 0.25) is 10.0 Å². The zero-order chi connectivity index (χ0) is 21.9. The van der Waals surface area contributed by atoms with E-state index in [1.54, 1.807) is 31.2 Å². The van der Waals surface area contributed by atoms with Gasteiger partial charge in [0.05, 0.1) is 4.90 Å². The van der Waals surface area contributed by atoms with E-state index in [2.05, 4.69) is 4.72 Å². The molecule has 0 saturated heterocycles. The SMILES string of the molecule is CCc1cc(=O)oc2cc(OC(=O)[C@@H](CC)NS(=O)(=O)c3ccc(C)cc3)ccc12. The molecule has 158 valence electrons. The maximum atomic E-state index is 12.6. The van der Waals surface area contributed by atoms with Gasteiger partial charge in [-0.15, -0.1) is 0 Å². The molecular weight excluding hydrogens is 406 g/mol. The molecular formula is C22H23NO6S. The molecule has 1 heterocycles. The number of nitrogens with one attached hydrogen (secondary N) is 1. The molecule has 0 saturated carbocycles. The molecule has 0 spiro atoms. The molecule has 0 bridgehead atoms. The largest absolute Gasteiger partial charge is 0.425 e. The van der Waals surface area contributed by atoms with E-state index >= 15 is 0 Å². The average molecular weight is 429 g/mol. The van der Waals surface area contributed by atoms with Crippen LogP contribution in [0.4, 0.5) is 0 Å². The second-order valence-corrected chi connectivity index (χ2v) is 8.63. The van der Waals surface area contributed by atoms with Crippen molar-refractivity contribution in [1.29, 1.82) is 0 Å². The molecule has 8 heteroatoms. The Balaban J connectivity index is 1.81. The minimum Gasteiger partial charge on any atom is -0.425 e. The Hall–Kier alpha value is -2.97. The van der Waals surface area contributed by atoms with Gasteiger partial charge in [0.1, 0.15) is 17.4 Å². The van der Waals surface area contributed by atoms with Gasteiger partial charge in [0.25, 0.3) is 0 Å². The van der Waals surface area contributed by atoms with E-state index in [9.17, 15) is 18.0 Å². The van der Waals surface area contributed by atoms with Crippen LogP contribution in [0.25, 0.3) is 11.0 Å². The molecule has 1 aromatic heterocycles. The first kappa shape index (κ1) is 21.7. The second kappa shape index (κ2) is 8.81. The highest BCUT2D eigenvalue weighted by Crippen LogP contribution is 2.23. The summed E-state index contributed by atoms with van der Waals surface area (Å²) >= 11 is 0. The molecule has 0 fully saturated rings. The van der Waals surface area contributed by atoms with E-state index in [1.807, 2.05) is 13.8 Å². The lowest BCUT2D eigenvalue weighted by Crippen LogP contribution is -2.42. The normalized spacial score (nSPS) is 12.6. The van der Waals surface area contributed by atoms with Crippen molar-refractivity contribution in [3.05, 3.63) is 70.1 Å². The Morgan fingerprint density at radius 1 is 1.10 bits per heavy atom. The Kier molecular flexibility index (Phi) is 6.38. The molecule has 0 aliphatic heterocycles. The Morgan fingerprint density at radius 2 is 1.80 bits per heavy atom. The van der Waals surface area contributed by atoms with Gasteiger partial charge in [-0.05, 0) is 49.6 Å². The van der Waals surface area contributed by atoms with Crippen LogP contribution in [0.15, 0.2) is 62.6 Å². The third kappa shape index (κ3) is 4.77. The molecule has 0 aliphatic carbocycles. The van der Waals surface area contributed by atoms with Crippen molar-refractivity contribution < 1.29 is 22.4 Å². The minimum absolute atomic E-state index is 0.0684. The summed E-state index contributed by atoms with van der Waals surface area (Å²) in [6.45, 7) is 5.45. The van der Waals surface area contributed by atoms with E-state index in [4.69, 9.17) is 9.15 Å². The Morgan fingerprint density at radius 3 is 2.43 bits per heavy atom. The van der Waals surface area contributed by atoms with Crippen LogP contribution in [0.1, 0.15) is 31.4 Å². The maximum absolute atomic E-state index is 12.6.